The lowest BCUT2D eigenvalue weighted by Gasteiger charge is -2.29. The second-order valence-corrected chi connectivity index (χ2v) is 7.44. The quantitative estimate of drug-likeness (QED) is 0.853. The predicted octanol–water partition coefficient (Wildman–Crippen LogP) is 4.98. The second kappa shape index (κ2) is 6.53. The largest absolute Gasteiger partial charge is 0.506 e. The molecule has 1 unspecified atom stereocenters. The predicted molar refractivity (Wildman–Crippen MR) is 93.3 cm³/mol. The maximum absolute atomic E-state index is 10.5. The van der Waals surface area contributed by atoms with Gasteiger partial charge in [-0.2, -0.15) is 0 Å². The molecule has 0 aromatic heterocycles. The second-order valence-electron chi connectivity index (χ2n) is 5.95. The molecular formula is C18H20ClNOS. The highest BCUT2D eigenvalue weighted by Gasteiger charge is 2.29. The third-order valence-electron chi connectivity index (χ3n) is 4.09. The van der Waals surface area contributed by atoms with Gasteiger partial charge in [-0.3, -0.25) is 0 Å². The minimum atomic E-state index is 0.214. The van der Waals surface area contributed by atoms with Gasteiger partial charge in [0.05, 0.1) is 5.02 Å². The molecule has 4 heteroatoms. The molecule has 22 heavy (non-hydrogen) atoms. The number of aromatic hydroxyl groups is 1. The lowest BCUT2D eigenvalue weighted by Crippen LogP contribution is -2.15. The molecule has 2 aromatic rings. The van der Waals surface area contributed by atoms with Crippen molar-refractivity contribution in [2.24, 2.45) is 0 Å². The molecule has 0 radical (unpaired) electrons. The van der Waals surface area contributed by atoms with E-state index >= 15 is 0 Å². The van der Waals surface area contributed by atoms with E-state index in [0.717, 1.165) is 29.8 Å². The Kier molecular flexibility index (Phi) is 4.67. The zero-order valence-corrected chi connectivity index (χ0v) is 14.4. The van der Waals surface area contributed by atoms with Crippen molar-refractivity contribution in [1.29, 1.82) is 0 Å². The summed E-state index contributed by atoms with van der Waals surface area (Å²) >= 11 is 7.87. The fraction of sp³-hybridized carbons (Fsp3) is 0.333. The van der Waals surface area contributed by atoms with Crippen LogP contribution in [-0.2, 0) is 0 Å². The van der Waals surface area contributed by atoms with Crippen LogP contribution in [0.4, 0.5) is 0 Å². The van der Waals surface area contributed by atoms with Crippen molar-refractivity contribution in [1.82, 2.24) is 4.90 Å². The molecule has 1 aliphatic heterocycles. The smallest absolute Gasteiger partial charge is 0.139 e. The van der Waals surface area contributed by atoms with Crippen LogP contribution in [0, 0.1) is 0 Å². The zero-order chi connectivity index (χ0) is 15.7. The number of phenolic OH excluding ortho intramolecular Hbond substituents is 1. The van der Waals surface area contributed by atoms with Crippen LogP contribution in [0.25, 0.3) is 0 Å². The summed E-state index contributed by atoms with van der Waals surface area (Å²) in [6.45, 7) is 1.04. The fourth-order valence-corrected chi connectivity index (χ4v) is 4.40. The first-order valence-electron chi connectivity index (χ1n) is 7.51. The van der Waals surface area contributed by atoms with Gasteiger partial charge < -0.3 is 10.0 Å². The third-order valence-corrected chi connectivity index (χ3v) is 5.56. The molecule has 0 aliphatic carbocycles. The molecule has 0 saturated heterocycles. The van der Waals surface area contributed by atoms with Crippen LogP contribution in [-0.4, -0.2) is 30.6 Å². The molecule has 2 aromatic carbocycles. The van der Waals surface area contributed by atoms with Gasteiger partial charge in [-0.05, 0) is 57.2 Å². The Balaban J connectivity index is 2.01. The minimum Gasteiger partial charge on any atom is -0.506 e. The highest BCUT2D eigenvalue weighted by Crippen LogP contribution is 2.51. The molecule has 116 valence electrons. The number of benzene rings is 2. The third kappa shape index (κ3) is 2.98. The maximum Gasteiger partial charge on any atom is 0.139 e. The normalized spacial score (nSPS) is 16.5. The summed E-state index contributed by atoms with van der Waals surface area (Å²) in [5.41, 5.74) is 2.30. The van der Waals surface area contributed by atoms with Gasteiger partial charge >= 0.3 is 0 Å². The first-order chi connectivity index (χ1) is 10.6. The van der Waals surface area contributed by atoms with Gasteiger partial charge in [-0.15, -0.1) is 0 Å². The van der Waals surface area contributed by atoms with Crippen molar-refractivity contribution in [2.75, 3.05) is 20.6 Å². The number of phenols is 1. The molecule has 0 bridgehead atoms. The monoisotopic (exact) mass is 333 g/mol. The van der Waals surface area contributed by atoms with Gasteiger partial charge in [-0.25, -0.2) is 0 Å². The molecule has 1 atom stereocenters. The Morgan fingerprint density at radius 3 is 2.68 bits per heavy atom. The summed E-state index contributed by atoms with van der Waals surface area (Å²) in [7, 11) is 4.18. The average molecular weight is 334 g/mol. The molecule has 2 nitrogen and oxygen atoms in total. The molecule has 1 aliphatic rings. The first kappa shape index (κ1) is 15.7. The molecule has 0 fully saturated rings. The van der Waals surface area contributed by atoms with Crippen LogP contribution in [0.2, 0.25) is 5.02 Å². The number of hydrogen-bond donors (Lipinski definition) is 1. The Hall–Kier alpha value is -1.16. The van der Waals surface area contributed by atoms with Crippen LogP contribution in [0.3, 0.4) is 0 Å². The Labute approximate surface area is 141 Å². The van der Waals surface area contributed by atoms with Gasteiger partial charge in [0, 0.05) is 21.3 Å². The maximum atomic E-state index is 10.5. The van der Waals surface area contributed by atoms with E-state index in [2.05, 4.69) is 43.3 Å². The van der Waals surface area contributed by atoms with Gasteiger partial charge in [0.2, 0.25) is 0 Å². The van der Waals surface area contributed by atoms with Gasteiger partial charge in [0.1, 0.15) is 5.75 Å². The highest BCUT2D eigenvalue weighted by molar-refractivity contribution is 7.99. The molecule has 3 rings (SSSR count). The minimum absolute atomic E-state index is 0.214. The summed E-state index contributed by atoms with van der Waals surface area (Å²) in [5, 5.41) is 10.9. The van der Waals surface area contributed by atoms with E-state index in [1.54, 1.807) is 17.8 Å². The Morgan fingerprint density at radius 2 is 1.91 bits per heavy atom. The molecule has 0 amide bonds. The Bertz CT molecular complexity index is 687. The van der Waals surface area contributed by atoms with Crippen molar-refractivity contribution in [3.63, 3.8) is 0 Å². The lowest BCUT2D eigenvalue weighted by molar-refractivity contribution is 0.386. The van der Waals surface area contributed by atoms with Gasteiger partial charge in [-0.1, -0.05) is 41.6 Å². The van der Waals surface area contributed by atoms with Crippen molar-refractivity contribution in [3.8, 4) is 5.75 Å². The summed E-state index contributed by atoms with van der Waals surface area (Å²) in [6, 6.07) is 12.3. The molecule has 1 heterocycles. The summed E-state index contributed by atoms with van der Waals surface area (Å²) in [6.07, 6.45) is 2.10. The van der Waals surface area contributed by atoms with Crippen LogP contribution < -0.4 is 0 Å². The molecule has 0 saturated carbocycles. The van der Waals surface area contributed by atoms with Crippen molar-refractivity contribution >= 4 is 23.4 Å². The Morgan fingerprint density at radius 1 is 1.14 bits per heavy atom. The van der Waals surface area contributed by atoms with Gasteiger partial charge in [0.25, 0.3) is 0 Å². The number of nitrogens with zero attached hydrogens (tertiary/aromatic N) is 1. The van der Waals surface area contributed by atoms with E-state index in [1.165, 1.54) is 10.5 Å². The number of fused-ring (bicyclic) bond motifs is 2. The molecule has 1 N–H and O–H groups in total. The van der Waals surface area contributed by atoms with E-state index in [0.29, 0.717) is 5.02 Å². The topological polar surface area (TPSA) is 23.5 Å². The highest BCUT2D eigenvalue weighted by atomic mass is 35.5. The number of hydrogen-bond acceptors (Lipinski definition) is 3. The SMILES string of the molecule is CN(C)CCCC1c2ccccc2Sc2ccc(Cl)c(O)c21. The van der Waals surface area contributed by atoms with Gasteiger partial charge in [0.15, 0.2) is 0 Å². The van der Waals surface area contributed by atoms with Crippen molar-refractivity contribution in [3.05, 3.63) is 52.5 Å². The molecule has 0 spiro atoms. The number of rotatable bonds is 4. The van der Waals surface area contributed by atoms with Crippen molar-refractivity contribution < 1.29 is 5.11 Å². The first-order valence-corrected chi connectivity index (χ1v) is 8.70. The van der Waals surface area contributed by atoms with Crippen LogP contribution >= 0.6 is 23.4 Å². The van der Waals surface area contributed by atoms with Crippen LogP contribution in [0.15, 0.2) is 46.2 Å². The molecular weight excluding hydrogens is 314 g/mol. The van der Waals surface area contributed by atoms with E-state index < -0.39 is 0 Å². The zero-order valence-electron chi connectivity index (χ0n) is 12.8. The average Bonchev–Trinajstić information content (AvgIpc) is 2.50. The van der Waals surface area contributed by atoms with E-state index in [9.17, 15) is 5.11 Å². The summed E-state index contributed by atoms with van der Waals surface area (Å²) < 4.78 is 0. The van der Waals surface area contributed by atoms with Crippen molar-refractivity contribution in [2.45, 2.75) is 28.6 Å². The standard InChI is InChI=1S/C18H20ClNOS/c1-20(2)11-5-7-13-12-6-3-4-8-15(12)22-16-10-9-14(19)18(21)17(13)16/h3-4,6,8-10,13,21H,5,7,11H2,1-2H3. The van der Waals surface area contributed by atoms with Crippen LogP contribution in [0.5, 0.6) is 5.75 Å². The van der Waals surface area contributed by atoms with E-state index in [1.807, 2.05) is 6.07 Å². The summed E-state index contributed by atoms with van der Waals surface area (Å²) in [5.74, 6) is 0.460. The van der Waals surface area contributed by atoms with E-state index in [4.69, 9.17) is 11.6 Å². The number of halogens is 1. The fourth-order valence-electron chi connectivity index (χ4n) is 3.04. The lowest BCUT2D eigenvalue weighted by atomic mass is 9.86. The van der Waals surface area contributed by atoms with E-state index in [-0.39, 0.29) is 11.7 Å². The summed E-state index contributed by atoms with van der Waals surface area (Å²) in [4.78, 5) is 4.60. The van der Waals surface area contributed by atoms with Crippen LogP contribution in [0.1, 0.15) is 29.9 Å².